The molecule has 0 spiro atoms. The Bertz CT molecular complexity index is 2860. The molecule has 0 amide bonds. The van der Waals surface area contributed by atoms with Crippen molar-refractivity contribution in [2.75, 3.05) is 4.90 Å². The van der Waals surface area contributed by atoms with Gasteiger partial charge in [0.05, 0.1) is 39.1 Å². The van der Waals surface area contributed by atoms with Gasteiger partial charge in [0, 0.05) is 56.9 Å². The number of nitrogens with zero attached hydrogens (tertiary/aromatic N) is 6. The van der Waals surface area contributed by atoms with Crippen LogP contribution in [0.15, 0.2) is 194 Å². The Morgan fingerprint density at radius 1 is 0.426 bits per heavy atom. The van der Waals surface area contributed by atoms with Crippen molar-refractivity contribution in [3.63, 3.8) is 0 Å². The van der Waals surface area contributed by atoms with E-state index in [2.05, 4.69) is 159 Å². The van der Waals surface area contributed by atoms with Gasteiger partial charge < -0.3 is 4.57 Å². The van der Waals surface area contributed by atoms with E-state index in [0.29, 0.717) is 0 Å². The molecule has 0 bridgehead atoms. The third-order valence-electron chi connectivity index (χ3n) is 9.84. The SMILES string of the molecule is c1ccc(-n2c3ccc(-c4cccc(N(c5cccc(-c6ccccn6)c5)c5cccc(-c6ccccn6)c5)n4)cc3c3nc4ccccc4cc32)cc1. The first kappa shape index (κ1) is 31.3. The standard InChI is InChI=1S/C48H32N6/c1-2-16-37(17-3-1)54-45-26-25-36(31-40(45)48-46(54)32-35-13-4-5-22-44(35)52-48)43-23-12-24-47(51-43)53(38-18-10-14-33(29-38)41-20-6-8-27-49-41)39-19-11-15-34(30-39)42-21-7-9-28-50-42/h1-32H. The van der Waals surface area contributed by atoms with E-state index in [1.54, 1.807) is 0 Å². The van der Waals surface area contributed by atoms with Gasteiger partial charge in [-0.3, -0.25) is 14.9 Å². The van der Waals surface area contributed by atoms with Crippen LogP contribution in [0.4, 0.5) is 17.2 Å². The lowest BCUT2D eigenvalue weighted by Crippen LogP contribution is -2.12. The summed E-state index contributed by atoms with van der Waals surface area (Å²) in [6, 6.07) is 62.8. The third-order valence-corrected chi connectivity index (χ3v) is 9.84. The molecule has 0 N–H and O–H groups in total. The average molecular weight is 693 g/mol. The number of pyridine rings is 4. The second kappa shape index (κ2) is 13.3. The fraction of sp³-hybridized carbons (Fsp3) is 0. The highest BCUT2D eigenvalue weighted by Crippen LogP contribution is 2.39. The molecule has 0 aliphatic rings. The van der Waals surface area contributed by atoms with E-state index in [-0.39, 0.29) is 0 Å². The molecule has 54 heavy (non-hydrogen) atoms. The van der Waals surface area contributed by atoms with Crippen LogP contribution in [0.1, 0.15) is 0 Å². The van der Waals surface area contributed by atoms with E-state index in [0.717, 1.165) is 89.5 Å². The largest absolute Gasteiger partial charge is 0.308 e. The van der Waals surface area contributed by atoms with Crippen LogP contribution < -0.4 is 4.90 Å². The van der Waals surface area contributed by atoms with Crippen LogP contribution in [-0.4, -0.2) is 24.5 Å². The van der Waals surface area contributed by atoms with Gasteiger partial charge in [-0.05, 0) is 97.1 Å². The molecule has 0 radical (unpaired) electrons. The highest BCUT2D eigenvalue weighted by Gasteiger charge is 2.19. The quantitative estimate of drug-likeness (QED) is 0.166. The molecule has 6 heteroatoms. The topological polar surface area (TPSA) is 59.7 Å². The van der Waals surface area contributed by atoms with Crippen LogP contribution in [0, 0.1) is 0 Å². The lowest BCUT2D eigenvalue weighted by atomic mass is 10.1. The molecule has 0 aliphatic carbocycles. The van der Waals surface area contributed by atoms with Crippen molar-refractivity contribution in [3.05, 3.63) is 194 Å². The molecule has 0 unspecified atom stereocenters. The van der Waals surface area contributed by atoms with Crippen molar-refractivity contribution < 1.29 is 0 Å². The number of anilines is 3. The Hall–Kier alpha value is -7.44. The number of rotatable bonds is 7. The minimum absolute atomic E-state index is 0.791. The molecule has 0 saturated heterocycles. The van der Waals surface area contributed by atoms with Gasteiger partial charge in [-0.15, -0.1) is 0 Å². The summed E-state index contributed by atoms with van der Waals surface area (Å²) in [6.07, 6.45) is 3.65. The van der Waals surface area contributed by atoms with Gasteiger partial charge in [0.25, 0.3) is 0 Å². The summed E-state index contributed by atoms with van der Waals surface area (Å²) in [7, 11) is 0. The summed E-state index contributed by atoms with van der Waals surface area (Å²) in [4.78, 5) is 22.1. The highest BCUT2D eigenvalue weighted by atomic mass is 15.2. The molecule has 5 heterocycles. The molecule has 5 aromatic heterocycles. The Kier molecular flexibility index (Phi) is 7.69. The number of fused-ring (bicyclic) bond motifs is 4. The fourth-order valence-electron chi connectivity index (χ4n) is 7.34. The monoisotopic (exact) mass is 692 g/mol. The van der Waals surface area contributed by atoms with Crippen LogP contribution in [0.3, 0.4) is 0 Å². The van der Waals surface area contributed by atoms with E-state index >= 15 is 0 Å². The third kappa shape index (κ3) is 5.63. The van der Waals surface area contributed by atoms with E-state index in [1.165, 1.54) is 0 Å². The van der Waals surface area contributed by atoms with Gasteiger partial charge in [0.15, 0.2) is 0 Å². The number of aromatic nitrogens is 5. The van der Waals surface area contributed by atoms with Crippen molar-refractivity contribution in [3.8, 4) is 39.5 Å². The summed E-state index contributed by atoms with van der Waals surface area (Å²) in [6.45, 7) is 0. The molecule has 254 valence electrons. The van der Waals surface area contributed by atoms with Crippen molar-refractivity contribution in [2.24, 2.45) is 0 Å². The normalized spacial score (nSPS) is 11.3. The smallest absolute Gasteiger partial charge is 0.138 e. The van der Waals surface area contributed by atoms with Crippen molar-refractivity contribution >= 4 is 50.0 Å². The second-order valence-corrected chi connectivity index (χ2v) is 13.2. The molecular weight excluding hydrogens is 661 g/mol. The van der Waals surface area contributed by atoms with Crippen molar-refractivity contribution in [2.45, 2.75) is 0 Å². The Balaban J connectivity index is 1.14. The predicted molar refractivity (Wildman–Crippen MR) is 220 cm³/mol. The van der Waals surface area contributed by atoms with Gasteiger partial charge in [0.2, 0.25) is 0 Å². The predicted octanol–water partition coefficient (Wildman–Crippen LogP) is 12.0. The molecule has 6 nitrogen and oxygen atoms in total. The van der Waals surface area contributed by atoms with Crippen molar-refractivity contribution in [1.29, 1.82) is 0 Å². The molecule has 10 aromatic rings. The lowest BCUT2D eigenvalue weighted by Gasteiger charge is -2.26. The van der Waals surface area contributed by atoms with E-state index < -0.39 is 0 Å². The summed E-state index contributed by atoms with van der Waals surface area (Å²) in [5, 5.41) is 2.19. The zero-order valence-corrected chi connectivity index (χ0v) is 29.2. The summed E-state index contributed by atoms with van der Waals surface area (Å²) < 4.78 is 2.31. The fourth-order valence-corrected chi connectivity index (χ4v) is 7.34. The molecule has 0 atom stereocenters. The molecule has 10 rings (SSSR count). The first-order valence-corrected chi connectivity index (χ1v) is 18.0. The van der Waals surface area contributed by atoms with Gasteiger partial charge in [0.1, 0.15) is 5.82 Å². The first-order valence-electron chi connectivity index (χ1n) is 18.0. The van der Waals surface area contributed by atoms with Crippen LogP contribution in [-0.2, 0) is 0 Å². The number of benzene rings is 5. The van der Waals surface area contributed by atoms with Crippen LogP contribution in [0.5, 0.6) is 0 Å². The minimum atomic E-state index is 0.791. The van der Waals surface area contributed by atoms with Crippen LogP contribution >= 0.6 is 0 Å². The van der Waals surface area contributed by atoms with Gasteiger partial charge in [-0.1, -0.05) is 84.9 Å². The maximum atomic E-state index is 5.37. The Labute approximate surface area is 312 Å². The van der Waals surface area contributed by atoms with Crippen LogP contribution in [0.25, 0.3) is 72.3 Å². The first-order chi connectivity index (χ1) is 26.8. The molecule has 0 fully saturated rings. The van der Waals surface area contributed by atoms with E-state index in [1.807, 2.05) is 54.9 Å². The lowest BCUT2D eigenvalue weighted by molar-refractivity contribution is 1.17. The van der Waals surface area contributed by atoms with Gasteiger partial charge in [-0.25, -0.2) is 9.97 Å². The van der Waals surface area contributed by atoms with Gasteiger partial charge >= 0.3 is 0 Å². The minimum Gasteiger partial charge on any atom is -0.308 e. The number of hydrogen-bond acceptors (Lipinski definition) is 5. The van der Waals surface area contributed by atoms with Crippen LogP contribution in [0.2, 0.25) is 0 Å². The maximum absolute atomic E-state index is 5.37. The molecule has 0 aliphatic heterocycles. The van der Waals surface area contributed by atoms with E-state index in [9.17, 15) is 0 Å². The summed E-state index contributed by atoms with van der Waals surface area (Å²) >= 11 is 0. The zero-order chi connectivity index (χ0) is 35.8. The maximum Gasteiger partial charge on any atom is 0.138 e. The summed E-state index contributed by atoms with van der Waals surface area (Å²) in [5.41, 5.74) is 12.9. The number of hydrogen-bond donors (Lipinski definition) is 0. The highest BCUT2D eigenvalue weighted by molar-refractivity contribution is 6.11. The van der Waals surface area contributed by atoms with Crippen molar-refractivity contribution in [1.82, 2.24) is 24.5 Å². The molecule has 0 saturated carbocycles. The van der Waals surface area contributed by atoms with Gasteiger partial charge in [-0.2, -0.15) is 0 Å². The average Bonchev–Trinajstić information content (AvgIpc) is 3.56. The zero-order valence-electron chi connectivity index (χ0n) is 29.2. The Morgan fingerprint density at radius 2 is 1.06 bits per heavy atom. The molecule has 5 aromatic carbocycles. The van der Waals surface area contributed by atoms with E-state index in [4.69, 9.17) is 9.97 Å². The number of para-hydroxylation sites is 2. The summed E-state index contributed by atoms with van der Waals surface area (Å²) in [5.74, 6) is 0.791. The molecular formula is C48H32N6. The second-order valence-electron chi connectivity index (χ2n) is 13.2. The Morgan fingerprint density at radius 3 is 1.76 bits per heavy atom.